The lowest BCUT2D eigenvalue weighted by Crippen LogP contribution is -2.28. The van der Waals surface area contributed by atoms with Crippen molar-refractivity contribution in [3.63, 3.8) is 0 Å². The van der Waals surface area contributed by atoms with E-state index in [2.05, 4.69) is 15.0 Å². The molecule has 4 rings (SSSR count). The number of carbonyl (C=O) groups excluding carboxylic acids is 1. The van der Waals surface area contributed by atoms with Crippen LogP contribution < -0.4 is 10.0 Å². The fourth-order valence-corrected chi connectivity index (χ4v) is 4.76. The summed E-state index contributed by atoms with van der Waals surface area (Å²) in [7, 11) is -3.99. The molecule has 8 heteroatoms. The number of amides is 1. The van der Waals surface area contributed by atoms with Gasteiger partial charge >= 0.3 is 0 Å². The van der Waals surface area contributed by atoms with Crippen LogP contribution in [0.2, 0.25) is 5.02 Å². The Balaban J connectivity index is 1.62. The molecule has 1 amide bonds. The summed E-state index contributed by atoms with van der Waals surface area (Å²) in [4.78, 5) is 17.2. The molecule has 2 N–H and O–H groups in total. The molecule has 0 radical (unpaired) electrons. The van der Waals surface area contributed by atoms with Crippen molar-refractivity contribution in [2.45, 2.75) is 17.9 Å². The lowest BCUT2D eigenvalue weighted by Gasteiger charge is -2.17. The van der Waals surface area contributed by atoms with Gasteiger partial charge in [0.1, 0.15) is 4.90 Å². The monoisotopic (exact) mass is 465 g/mol. The second-order valence-corrected chi connectivity index (χ2v) is 9.32. The van der Waals surface area contributed by atoms with Gasteiger partial charge in [0.05, 0.1) is 22.8 Å². The van der Waals surface area contributed by atoms with Crippen LogP contribution in [-0.2, 0) is 10.0 Å². The molecule has 1 atom stereocenters. The molecule has 1 aromatic heterocycles. The van der Waals surface area contributed by atoms with Crippen LogP contribution in [0.4, 0.5) is 5.69 Å². The standard InChI is InChI=1S/C24H20ClN3O3S/c1-16(17-11-13-19(25)14-12-17)27-24(29)20-8-2-3-9-21(20)28-32(30,31)22-10-4-6-18-7-5-15-26-23(18)22/h2-16,28H,1H3,(H,27,29)/t16-/m1/s1. The number of nitrogens with one attached hydrogen (secondary N) is 2. The van der Waals surface area contributed by atoms with Crippen LogP contribution in [0.1, 0.15) is 28.9 Å². The molecule has 0 saturated carbocycles. The first kappa shape index (κ1) is 21.8. The van der Waals surface area contributed by atoms with Crippen molar-refractivity contribution in [3.05, 3.63) is 101 Å². The first-order valence-corrected chi connectivity index (χ1v) is 11.7. The third-order valence-electron chi connectivity index (χ3n) is 5.02. The smallest absolute Gasteiger partial charge is 0.264 e. The van der Waals surface area contributed by atoms with Gasteiger partial charge in [-0.25, -0.2) is 8.42 Å². The Morgan fingerprint density at radius 2 is 1.66 bits per heavy atom. The van der Waals surface area contributed by atoms with Crippen LogP contribution in [0.25, 0.3) is 10.9 Å². The van der Waals surface area contributed by atoms with E-state index in [1.165, 1.54) is 6.07 Å². The zero-order valence-corrected chi connectivity index (χ0v) is 18.7. The molecule has 0 aliphatic heterocycles. The van der Waals surface area contributed by atoms with Crippen molar-refractivity contribution in [1.82, 2.24) is 10.3 Å². The average Bonchev–Trinajstić information content (AvgIpc) is 2.79. The summed E-state index contributed by atoms with van der Waals surface area (Å²) in [6, 6.07) is 21.8. The summed E-state index contributed by atoms with van der Waals surface area (Å²) in [5.74, 6) is -0.401. The van der Waals surface area contributed by atoms with Gasteiger partial charge in [0.2, 0.25) is 0 Å². The van der Waals surface area contributed by atoms with Gasteiger partial charge in [0.15, 0.2) is 0 Å². The van der Waals surface area contributed by atoms with Crippen molar-refractivity contribution < 1.29 is 13.2 Å². The van der Waals surface area contributed by atoms with E-state index in [-0.39, 0.29) is 22.2 Å². The van der Waals surface area contributed by atoms with Gasteiger partial charge in [0, 0.05) is 16.6 Å². The molecular weight excluding hydrogens is 446 g/mol. The number of rotatable bonds is 6. The number of pyridine rings is 1. The minimum Gasteiger partial charge on any atom is -0.345 e. The Morgan fingerprint density at radius 3 is 2.44 bits per heavy atom. The molecule has 0 bridgehead atoms. The van der Waals surface area contributed by atoms with Crippen LogP contribution in [0, 0.1) is 0 Å². The van der Waals surface area contributed by atoms with Gasteiger partial charge < -0.3 is 5.32 Å². The molecule has 3 aromatic carbocycles. The molecule has 0 aliphatic rings. The van der Waals surface area contributed by atoms with Gasteiger partial charge in [-0.15, -0.1) is 0 Å². The van der Waals surface area contributed by atoms with Crippen LogP contribution in [-0.4, -0.2) is 19.3 Å². The van der Waals surface area contributed by atoms with Crippen molar-refractivity contribution in [2.24, 2.45) is 0 Å². The van der Waals surface area contributed by atoms with Gasteiger partial charge in [-0.1, -0.05) is 54.1 Å². The zero-order chi connectivity index (χ0) is 22.7. The van der Waals surface area contributed by atoms with E-state index in [0.717, 1.165) is 5.56 Å². The first-order valence-electron chi connectivity index (χ1n) is 9.87. The maximum Gasteiger partial charge on any atom is 0.264 e. The minimum atomic E-state index is -3.99. The number of para-hydroxylation sites is 2. The highest BCUT2D eigenvalue weighted by Crippen LogP contribution is 2.25. The lowest BCUT2D eigenvalue weighted by atomic mass is 10.1. The number of hydrogen-bond donors (Lipinski definition) is 2. The number of nitrogens with zero attached hydrogens (tertiary/aromatic N) is 1. The van der Waals surface area contributed by atoms with Crippen LogP contribution >= 0.6 is 11.6 Å². The Morgan fingerprint density at radius 1 is 0.938 bits per heavy atom. The second-order valence-electron chi connectivity index (χ2n) is 7.23. The van der Waals surface area contributed by atoms with Crippen molar-refractivity contribution in [3.8, 4) is 0 Å². The Hall–Kier alpha value is -3.42. The molecule has 0 fully saturated rings. The lowest BCUT2D eigenvalue weighted by molar-refractivity contribution is 0.0941. The maximum atomic E-state index is 13.2. The molecule has 6 nitrogen and oxygen atoms in total. The third-order valence-corrected chi connectivity index (χ3v) is 6.67. The summed E-state index contributed by atoms with van der Waals surface area (Å²) >= 11 is 5.93. The van der Waals surface area contributed by atoms with Crippen LogP contribution in [0.5, 0.6) is 0 Å². The van der Waals surface area contributed by atoms with Crippen molar-refractivity contribution in [2.75, 3.05) is 4.72 Å². The van der Waals surface area contributed by atoms with Gasteiger partial charge in [-0.3, -0.25) is 14.5 Å². The van der Waals surface area contributed by atoms with Crippen LogP contribution in [0.3, 0.4) is 0 Å². The van der Waals surface area contributed by atoms with Gasteiger partial charge in [-0.2, -0.15) is 0 Å². The summed E-state index contributed by atoms with van der Waals surface area (Å²) < 4.78 is 28.9. The Kier molecular flexibility index (Phi) is 6.12. The number of carbonyl (C=O) groups is 1. The number of aromatic nitrogens is 1. The van der Waals surface area contributed by atoms with Crippen molar-refractivity contribution >= 4 is 44.1 Å². The molecule has 0 unspecified atom stereocenters. The number of anilines is 1. The molecule has 162 valence electrons. The fourth-order valence-electron chi connectivity index (χ4n) is 3.37. The molecule has 4 aromatic rings. The summed E-state index contributed by atoms with van der Waals surface area (Å²) in [6.45, 7) is 1.84. The first-order chi connectivity index (χ1) is 15.3. The van der Waals surface area contributed by atoms with E-state index in [1.54, 1.807) is 66.9 Å². The van der Waals surface area contributed by atoms with Gasteiger partial charge in [0.25, 0.3) is 15.9 Å². The maximum absolute atomic E-state index is 13.2. The average molecular weight is 466 g/mol. The van der Waals surface area contributed by atoms with E-state index in [4.69, 9.17) is 11.6 Å². The molecule has 1 heterocycles. The SMILES string of the molecule is C[C@@H](NC(=O)c1ccccc1NS(=O)(=O)c1cccc2cccnc12)c1ccc(Cl)cc1. The second kappa shape index (κ2) is 8.98. The highest BCUT2D eigenvalue weighted by atomic mass is 35.5. The third kappa shape index (κ3) is 4.59. The molecule has 32 heavy (non-hydrogen) atoms. The number of hydrogen-bond acceptors (Lipinski definition) is 4. The molecular formula is C24H20ClN3O3S. The summed E-state index contributed by atoms with van der Waals surface area (Å²) in [5.41, 5.74) is 1.63. The van der Waals surface area contributed by atoms with E-state index in [0.29, 0.717) is 15.9 Å². The van der Waals surface area contributed by atoms with E-state index in [9.17, 15) is 13.2 Å². The fraction of sp³-hybridized carbons (Fsp3) is 0.0833. The minimum absolute atomic E-state index is 0.0420. The molecule has 0 saturated heterocycles. The summed E-state index contributed by atoms with van der Waals surface area (Å²) in [6.07, 6.45) is 1.54. The number of fused-ring (bicyclic) bond motifs is 1. The topological polar surface area (TPSA) is 88.2 Å². The summed E-state index contributed by atoms with van der Waals surface area (Å²) in [5, 5.41) is 4.21. The van der Waals surface area contributed by atoms with E-state index < -0.39 is 15.9 Å². The van der Waals surface area contributed by atoms with Crippen molar-refractivity contribution in [1.29, 1.82) is 0 Å². The normalized spacial score (nSPS) is 12.3. The predicted molar refractivity (Wildman–Crippen MR) is 126 cm³/mol. The highest BCUT2D eigenvalue weighted by Gasteiger charge is 2.22. The zero-order valence-electron chi connectivity index (χ0n) is 17.1. The van der Waals surface area contributed by atoms with E-state index >= 15 is 0 Å². The number of sulfonamides is 1. The van der Waals surface area contributed by atoms with E-state index in [1.807, 2.05) is 19.1 Å². The quantitative estimate of drug-likeness (QED) is 0.410. The predicted octanol–water partition coefficient (Wildman–Crippen LogP) is 5.18. The largest absolute Gasteiger partial charge is 0.345 e. The van der Waals surface area contributed by atoms with Gasteiger partial charge in [-0.05, 0) is 48.9 Å². The number of benzene rings is 3. The van der Waals surface area contributed by atoms with Crippen LogP contribution in [0.15, 0.2) is 90.0 Å². The number of halogens is 1. The molecule has 0 spiro atoms. The Bertz CT molecular complexity index is 1380. The molecule has 0 aliphatic carbocycles. The highest BCUT2D eigenvalue weighted by molar-refractivity contribution is 7.93. The Labute approximate surface area is 191 Å².